The molecule has 4 heteroatoms. The number of hydrogen-bond donors (Lipinski definition) is 1. The Morgan fingerprint density at radius 2 is 2.47 bits per heavy atom. The van der Waals surface area contributed by atoms with E-state index in [1.54, 1.807) is 18.3 Å². The molecule has 2 rings (SSSR count). The van der Waals surface area contributed by atoms with Gasteiger partial charge in [-0.2, -0.15) is 0 Å². The predicted octanol–water partition coefficient (Wildman–Crippen LogP) is 1.41. The SMILES string of the molecule is CC1CCCN(C(=O)c2ccnc(CN)c2)C1. The number of nitrogens with two attached hydrogens (primary N) is 1. The molecule has 0 bridgehead atoms. The van der Waals surface area contributed by atoms with E-state index < -0.39 is 0 Å². The fourth-order valence-corrected chi connectivity index (χ4v) is 2.28. The first-order chi connectivity index (χ1) is 8.20. The van der Waals surface area contributed by atoms with Gasteiger partial charge < -0.3 is 10.6 Å². The van der Waals surface area contributed by atoms with E-state index in [0.717, 1.165) is 25.2 Å². The van der Waals surface area contributed by atoms with Crippen LogP contribution in [0.5, 0.6) is 0 Å². The topological polar surface area (TPSA) is 59.2 Å². The number of pyridine rings is 1. The number of aromatic nitrogens is 1. The van der Waals surface area contributed by atoms with E-state index in [-0.39, 0.29) is 5.91 Å². The molecule has 1 unspecified atom stereocenters. The maximum Gasteiger partial charge on any atom is 0.253 e. The Hall–Kier alpha value is -1.42. The quantitative estimate of drug-likeness (QED) is 0.840. The summed E-state index contributed by atoms with van der Waals surface area (Å²) in [6.45, 7) is 4.29. The van der Waals surface area contributed by atoms with Gasteiger partial charge in [-0.25, -0.2) is 0 Å². The van der Waals surface area contributed by atoms with Crippen LogP contribution in [0.1, 0.15) is 35.8 Å². The number of amides is 1. The van der Waals surface area contributed by atoms with E-state index in [1.807, 2.05) is 4.90 Å². The Balaban J connectivity index is 2.12. The molecule has 92 valence electrons. The average molecular weight is 233 g/mol. The molecule has 2 N–H and O–H groups in total. The molecule has 0 saturated carbocycles. The maximum atomic E-state index is 12.3. The van der Waals surface area contributed by atoms with E-state index in [2.05, 4.69) is 11.9 Å². The van der Waals surface area contributed by atoms with Crippen molar-refractivity contribution in [3.63, 3.8) is 0 Å². The molecule has 1 amide bonds. The molecular weight excluding hydrogens is 214 g/mol. The summed E-state index contributed by atoms with van der Waals surface area (Å²) in [5, 5.41) is 0. The molecule has 0 radical (unpaired) electrons. The maximum absolute atomic E-state index is 12.3. The highest BCUT2D eigenvalue weighted by molar-refractivity contribution is 5.94. The van der Waals surface area contributed by atoms with Crippen molar-refractivity contribution in [3.8, 4) is 0 Å². The standard InChI is InChI=1S/C13H19N3O/c1-10-3-2-6-16(9-10)13(17)11-4-5-15-12(7-11)8-14/h4-5,7,10H,2-3,6,8-9,14H2,1H3. The number of nitrogens with zero attached hydrogens (tertiary/aromatic N) is 2. The lowest BCUT2D eigenvalue weighted by atomic mass is 9.99. The molecule has 1 aromatic rings. The van der Waals surface area contributed by atoms with Gasteiger partial charge >= 0.3 is 0 Å². The zero-order chi connectivity index (χ0) is 12.3. The smallest absolute Gasteiger partial charge is 0.253 e. The zero-order valence-electron chi connectivity index (χ0n) is 10.2. The van der Waals surface area contributed by atoms with Crippen LogP contribution in [0.2, 0.25) is 0 Å². The Bertz CT molecular complexity index is 405. The second kappa shape index (κ2) is 5.27. The van der Waals surface area contributed by atoms with E-state index in [4.69, 9.17) is 5.73 Å². The number of rotatable bonds is 2. The fourth-order valence-electron chi connectivity index (χ4n) is 2.28. The summed E-state index contributed by atoms with van der Waals surface area (Å²) >= 11 is 0. The number of piperidine rings is 1. The third-order valence-electron chi connectivity index (χ3n) is 3.22. The summed E-state index contributed by atoms with van der Waals surface area (Å²) in [6, 6.07) is 3.56. The molecule has 0 aliphatic carbocycles. The second-order valence-electron chi connectivity index (χ2n) is 4.74. The van der Waals surface area contributed by atoms with Crippen molar-refractivity contribution in [2.24, 2.45) is 11.7 Å². The molecule has 1 atom stereocenters. The molecule has 0 spiro atoms. The van der Waals surface area contributed by atoms with Crippen LogP contribution in [0.3, 0.4) is 0 Å². The lowest BCUT2D eigenvalue weighted by Crippen LogP contribution is -2.39. The molecule has 0 aromatic carbocycles. The zero-order valence-corrected chi connectivity index (χ0v) is 10.2. The van der Waals surface area contributed by atoms with Gasteiger partial charge in [0.2, 0.25) is 0 Å². The summed E-state index contributed by atoms with van der Waals surface area (Å²) in [6.07, 6.45) is 3.97. The van der Waals surface area contributed by atoms with Gasteiger partial charge in [-0.3, -0.25) is 9.78 Å². The van der Waals surface area contributed by atoms with Crippen molar-refractivity contribution in [2.75, 3.05) is 13.1 Å². The minimum atomic E-state index is 0.105. The Kier molecular flexibility index (Phi) is 3.74. The summed E-state index contributed by atoms with van der Waals surface area (Å²) in [4.78, 5) is 18.3. The predicted molar refractivity (Wildman–Crippen MR) is 66.4 cm³/mol. The van der Waals surface area contributed by atoms with Gasteiger partial charge in [-0.15, -0.1) is 0 Å². The van der Waals surface area contributed by atoms with Gasteiger partial charge in [0.1, 0.15) is 0 Å². The highest BCUT2D eigenvalue weighted by Crippen LogP contribution is 2.17. The van der Waals surface area contributed by atoms with Gasteiger partial charge in [-0.05, 0) is 30.9 Å². The Morgan fingerprint density at radius 1 is 1.65 bits per heavy atom. The van der Waals surface area contributed by atoms with Crippen LogP contribution < -0.4 is 5.73 Å². The van der Waals surface area contributed by atoms with Crippen molar-refractivity contribution < 1.29 is 4.79 Å². The van der Waals surface area contributed by atoms with Crippen LogP contribution in [-0.4, -0.2) is 28.9 Å². The van der Waals surface area contributed by atoms with E-state index in [0.29, 0.717) is 18.0 Å². The van der Waals surface area contributed by atoms with Crippen molar-refractivity contribution in [1.82, 2.24) is 9.88 Å². The van der Waals surface area contributed by atoms with Gasteiger partial charge in [-0.1, -0.05) is 6.92 Å². The average Bonchev–Trinajstić information content (AvgIpc) is 2.38. The highest BCUT2D eigenvalue weighted by Gasteiger charge is 2.22. The molecule has 1 aromatic heterocycles. The van der Waals surface area contributed by atoms with Crippen molar-refractivity contribution in [3.05, 3.63) is 29.6 Å². The molecule has 2 heterocycles. The Morgan fingerprint density at radius 3 is 3.18 bits per heavy atom. The first-order valence-electron chi connectivity index (χ1n) is 6.15. The fraction of sp³-hybridized carbons (Fsp3) is 0.538. The number of likely N-dealkylation sites (tertiary alicyclic amines) is 1. The van der Waals surface area contributed by atoms with Gasteiger partial charge in [0.25, 0.3) is 5.91 Å². The van der Waals surface area contributed by atoms with E-state index in [1.165, 1.54) is 6.42 Å². The molecule has 1 saturated heterocycles. The van der Waals surface area contributed by atoms with Crippen LogP contribution in [-0.2, 0) is 6.54 Å². The normalized spacial score (nSPS) is 20.4. The molecule has 1 aliphatic heterocycles. The van der Waals surface area contributed by atoms with Gasteiger partial charge in [0.15, 0.2) is 0 Å². The van der Waals surface area contributed by atoms with Crippen molar-refractivity contribution in [1.29, 1.82) is 0 Å². The number of hydrogen-bond acceptors (Lipinski definition) is 3. The molecule has 1 fully saturated rings. The first-order valence-corrected chi connectivity index (χ1v) is 6.15. The molecule has 17 heavy (non-hydrogen) atoms. The number of carbonyl (C=O) groups excluding carboxylic acids is 1. The summed E-state index contributed by atoms with van der Waals surface area (Å²) < 4.78 is 0. The summed E-state index contributed by atoms with van der Waals surface area (Å²) in [5.41, 5.74) is 7.00. The Labute approximate surface area is 102 Å². The molecule has 1 aliphatic rings. The minimum absolute atomic E-state index is 0.105. The third-order valence-corrected chi connectivity index (χ3v) is 3.22. The van der Waals surface area contributed by atoms with Crippen molar-refractivity contribution in [2.45, 2.75) is 26.3 Å². The minimum Gasteiger partial charge on any atom is -0.338 e. The third kappa shape index (κ3) is 2.82. The number of carbonyl (C=O) groups is 1. The van der Waals surface area contributed by atoms with E-state index >= 15 is 0 Å². The first kappa shape index (κ1) is 12.0. The van der Waals surface area contributed by atoms with Crippen LogP contribution in [0.25, 0.3) is 0 Å². The lowest BCUT2D eigenvalue weighted by molar-refractivity contribution is 0.0683. The molecular formula is C13H19N3O. The highest BCUT2D eigenvalue weighted by atomic mass is 16.2. The van der Waals surface area contributed by atoms with Crippen LogP contribution in [0, 0.1) is 5.92 Å². The second-order valence-corrected chi connectivity index (χ2v) is 4.74. The summed E-state index contributed by atoms with van der Waals surface area (Å²) in [7, 11) is 0. The largest absolute Gasteiger partial charge is 0.338 e. The van der Waals surface area contributed by atoms with Gasteiger partial charge in [0, 0.05) is 31.4 Å². The lowest BCUT2D eigenvalue weighted by Gasteiger charge is -2.31. The van der Waals surface area contributed by atoms with Gasteiger partial charge in [0.05, 0.1) is 5.69 Å². The van der Waals surface area contributed by atoms with Crippen LogP contribution >= 0.6 is 0 Å². The van der Waals surface area contributed by atoms with Crippen LogP contribution in [0.15, 0.2) is 18.3 Å². The summed E-state index contributed by atoms with van der Waals surface area (Å²) in [5.74, 6) is 0.706. The molecule has 4 nitrogen and oxygen atoms in total. The van der Waals surface area contributed by atoms with E-state index in [9.17, 15) is 4.79 Å². The van der Waals surface area contributed by atoms with Crippen molar-refractivity contribution >= 4 is 5.91 Å². The van der Waals surface area contributed by atoms with Crippen LogP contribution in [0.4, 0.5) is 0 Å². The monoisotopic (exact) mass is 233 g/mol.